The molecule has 3 aromatic carbocycles. The molecule has 172 valence electrons. The predicted molar refractivity (Wildman–Crippen MR) is 133 cm³/mol. The number of rotatable bonds is 9. The highest BCUT2D eigenvalue weighted by Crippen LogP contribution is 2.40. The van der Waals surface area contributed by atoms with Gasteiger partial charge in [0.15, 0.2) is 11.5 Å². The van der Waals surface area contributed by atoms with E-state index in [9.17, 15) is 4.79 Å². The smallest absolute Gasteiger partial charge is 0.248 e. The van der Waals surface area contributed by atoms with Crippen molar-refractivity contribution in [1.82, 2.24) is 0 Å². The largest absolute Gasteiger partial charge is 0.493 e. The van der Waals surface area contributed by atoms with Gasteiger partial charge in [-0.15, -0.1) is 0 Å². The molecule has 0 saturated heterocycles. The second-order valence-electron chi connectivity index (χ2n) is 7.36. The number of benzene rings is 3. The molecule has 3 aromatic rings. The van der Waals surface area contributed by atoms with E-state index in [0.717, 1.165) is 16.8 Å². The summed E-state index contributed by atoms with van der Waals surface area (Å²) in [6.45, 7) is 2.06. The van der Waals surface area contributed by atoms with Crippen molar-refractivity contribution in [1.29, 1.82) is 0 Å². The summed E-state index contributed by atoms with van der Waals surface area (Å²) in [6, 6.07) is 18.9. The summed E-state index contributed by atoms with van der Waals surface area (Å²) in [5.74, 6) is 1.48. The Hall–Kier alpha value is -4.13. The fourth-order valence-electron chi connectivity index (χ4n) is 3.35. The van der Waals surface area contributed by atoms with Crippen LogP contribution in [0.5, 0.6) is 17.2 Å². The summed E-state index contributed by atoms with van der Waals surface area (Å²) < 4.78 is 16.2. The zero-order valence-corrected chi connectivity index (χ0v) is 19.2. The van der Waals surface area contributed by atoms with Crippen LogP contribution in [0, 0.1) is 0 Å². The molecule has 0 aliphatic heterocycles. The van der Waals surface area contributed by atoms with Gasteiger partial charge in [-0.1, -0.05) is 36.4 Å². The Labute approximate surface area is 194 Å². The van der Waals surface area contributed by atoms with Crippen molar-refractivity contribution in [2.45, 2.75) is 13.0 Å². The normalized spacial score (nSPS) is 11.6. The zero-order chi connectivity index (χ0) is 23.8. The maximum atomic E-state index is 12.2. The minimum Gasteiger partial charge on any atom is -0.493 e. The van der Waals surface area contributed by atoms with E-state index < -0.39 is 0 Å². The average Bonchev–Trinajstić information content (AvgIpc) is 2.83. The van der Waals surface area contributed by atoms with E-state index in [1.807, 2.05) is 48.5 Å². The van der Waals surface area contributed by atoms with Gasteiger partial charge in [-0.3, -0.25) is 4.79 Å². The number of nitrogens with two attached hydrogens (primary N) is 1. The second kappa shape index (κ2) is 10.9. The predicted octanol–water partition coefficient (Wildman–Crippen LogP) is 5.12. The number of nitrogens with one attached hydrogen (secondary N) is 2. The Kier molecular flexibility index (Phi) is 7.81. The van der Waals surface area contributed by atoms with Gasteiger partial charge in [0.1, 0.15) is 0 Å². The number of methoxy groups -OCH3 is 3. The molecule has 1 unspecified atom stereocenters. The van der Waals surface area contributed by atoms with E-state index in [0.29, 0.717) is 28.6 Å². The third-order valence-electron chi connectivity index (χ3n) is 5.13. The van der Waals surface area contributed by atoms with Gasteiger partial charge in [0.05, 0.1) is 32.7 Å². The third-order valence-corrected chi connectivity index (χ3v) is 5.13. The van der Waals surface area contributed by atoms with Crippen LogP contribution in [0.4, 0.5) is 17.1 Å². The van der Waals surface area contributed by atoms with Gasteiger partial charge in [-0.2, -0.15) is 0 Å². The molecule has 0 aromatic heterocycles. The SMILES string of the molecule is COc1cc(NC(C)c2ccc(C=CC(=O)Nc3ccccc3N)cc2)cc(OC)c1OC. The summed E-state index contributed by atoms with van der Waals surface area (Å²) in [5.41, 5.74) is 9.82. The van der Waals surface area contributed by atoms with Crippen LogP contribution in [0.15, 0.2) is 66.7 Å². The molecule has 0 spiro atoms. The summed E-state index contributed by atoms with van der Waals surface area (Å²) in [7, 11) is 4.75. The van der Waals surface area contributed by atoms with Gasteiger partial charge >= 0.3 is 0 Å². The van der Waals surface area contributed by atoms with E-state index in [1.165, 1.54) is 6.08 Å². The van der Waals surface area contributed by atoms with Crippen molar-refractivity contribution in [2.75, 3.05) is 37.7 Å². The highest BCUT2D eigenvalue weighted by atomic mass is 16.5. The van der Waals surface area contributed by atoms with Crippen molar-refractivity contribution >= 4 is 29.0 Å². The van der Waals surface area contributed by atoms with E-state index in [-0.39, 0.29) is 11.9 Å². The minimum atomic E-state index is -0.241. The van der Waals surface area contributed by atoms with E-state index >= 15 is 0 Å². The van der Waals surface area contributed by atoms with E-state index in [4.69, 9.17) is 19.9 Å². The molecule has 33 heavy (non-hydrogen) atoms. The molecule has 0 radical (unpaired) electrons. The van der Waals surface area contributed by atoms with Gasteiger partial charge in [0.2, 0.25) is 11.7 Å². The van der Waals surface area contributed by atoms with Gasteiger partial charge in [0, 0.05) is 29.9 Å². The lowest BCUT2D eigenvalue weighted by Gasteiger charge is -2.19. The number of carbonyl (C=O) groups is 1. The van der Waals surface area contributed by atoms with Crippen LogP contribution in [0.3, 0.4) is 0 Å². The molecular formula is C26H29N3O4. The minimum absolute atomic E-state index is 0.0233. The van der Waals surface area contributed by atoms with Crippen LogP contribution in [-0.4, -0.2) is 27.2 Å². The lowest BCUT2D eigenvalue weighted by atomic mass is 10.1. The molecule has 0 bridgehead atoms. The standard InChI is InChI=1S/C26H29N3O4/c1-17(28-20-15-23(31-2)26(33-4)24(16-20)32-3)19-12-9-18(10-13-19)11-14-25(30)29-22-8-6-5-7-21(22)27/h5-17,28H,27H2,1-4H3,(H,29,30). The summed E-state index contributed by atoms with van der Waals surface area (Å²) in [5, 5.41) is 6.23. The molecule has 1 amide bonds. The number of para-hydroxylation sites is 2. The molecule has 0 aliphatic rings. The first-order chi connectivity index (χ1) is 15.9. The molecule has 1 atom stereocenters. The number of carbonyl (C=O) groups excluding carboxylic acids is 1. The maximum absolute atomic E-state index is 12.2. The zero-order valence-electron chi connectivity index (χ0n) is 19.2. The molecule has 3 rings (SSSR count). The van der Waals surface area contributed by atoms with Crippen LogP contribution in [0.25, 0.3) is 6.08 Å². The molecular weight excluding hydrogens is 418 g/mol. The van der Waals surface area contributed by atoms with Crippen molar-refractivity contribution < 1.29 is 19.0 Å². The number of ether oxygens (including phenoxy) is 3. The Morgan fingerprint density at radius 1 is 0.939 bits per heavy atom. The van der Waals surface area contributed by atoms with Crippen LogP contribution in [0.2, 0.25) is 0 Å². The van der Waals surface area contributed by atoms with Crippen molar-refractivity contribution in [3.63, 3.8) is 0 Å². The fourth-order valence-corrected chi connectivity index (χ4v) is 3.35. The monoisotopic (exact) mass is 447 g/mol. The molecule has 0 fully saturated rings. The summed E-state index contributed by atoms with van der Waals surface area (Å²) in [4.78, 5) is 12.2. The number of amides is 1. The summed E-state index contributed by atoms with van der Waals surface area (Å²) in [6.07, 6.45) is 3.24. The Bertz CT molecular complexity index is 1100. The topological polar surface area (TPSA) is 94.8 Å². The summed E-state index contributed by atoms with van der Waals surface area (Å²) >= 11 is 0. The highest BCUT2D eigenvalue weighted by Gasteiger charge is 2.14. The van der Waals surface area contributed by atoms with Crippen molar-refractivity contribution in [3.8, 4) is 17.2 Å². The van der Waals surface area contributed by atoms with Crippen LogP contribution in [0.1, 0.15) is 24.1 Å². The number of nitrogen functional groups attached to an aromatic ring is 1. The molecule has 0 heterocycles. The lowest BCUT2D eigenvalue weighted by molar-refractivity contribution is -0.111. The Morgan fingerprint density at radius 2 is 1.58 bits per heavy atom. The van der Waals surface area contributed by atoms with E-state index in [1.54, 1.807) is 39.5 Å². The van der Waals surface area contributed by atoms with Gasteiger partial charge in [0.25, 0.3) is 0 Å². The molecule has 7 heteroatoms. The molecule has 4 N–H and O–H groups in total. The van der Waals surface area contributed by atoms with Crippen LogP contribution < -0.4 is 30.6 Å². The first kappa shape index (κ1) is 23.5. The number of hydrogen-bond donors (Lipinski definition) is 3. The Balaban J connectivity index is 1.65. The van der Waals surface area contributed by atoms with Gasteiger partial charge in [-0.05, 0) is 36.3 Å². The second-order valence-corrected chi connectivity index (χ2v) is 7.36. The average molecular weight is 448 g/mol. The third kappa shape index (κ3) is 5.98. The van der Waals surface area contributed by atoms with Crippen molar-refractivity contribution in [3.05, 3.63) is 77.9 Å². The van der Waals surface area contributed by atoms with Gasteiger partial charge in [-0.25, -0.2) is 0 Å². The van der Waals surface area contributed by atoms with E-state index in [2.05, 4.69) is 17.6 Å². The van der Waals surface area contributed by atoms with Crippen LogP contribution in [-0.2, 0) is 4.79 Å². The lowest BCUT2D eigenvalue weighted by Crippen LogP contribution is -2.09. The number of hydrogen-bond acceptors (Lipinski definition) is 6. The van der Waals surface area contributed by atoms with Crippen molar-refractivity contribution in [2.24, 2.45) is 0 Å². The van der Waals surface area contributed by atoms with Gasteiger partial charge < -0.3 is 30.6 Å². The quantitative estimate of drug-likeness (QED) is 0.311. The van der Waals surface area contributed by atoms with Crippen LogP contribution >= 0.6 is 0 Å². The molecule has 0 aliphatic carbocycles. The Morgan fingerprint density at radius 3 is 2.15 bits per heavy atom. The first-order valence-electron chi connectivity index (χ1n) is 10.4. The molecule has 7 nitrogen and oxygen atoms in total. The fraction of sp³-hybridized carbons (Fsp3) is 0.192. The molecule has 0 saturated carbocycles. The first-order valence-corrected chi connectivity index (χ1v) is 10.4. The maximum Gasteiger partial charge on any atom is 0.248 e. The number of anilines is 3. The highest BCUT2D eigenvalue weighted by molar-refractivity contribution is 6.03.